The van der Waals surface area contributed by atoms with Gasteiger partial charge in [-0.3, -0.25) is 4.79 Å². The Labute approximate surface area is 245 Å². The Morgan fingerprint density at radius 3 is 2.42 bits per heavy atom. The molecule has 0 aromatic heterocycles. The summed E-state index contributed by atoms with van der Waals surface area (Å²) in [5.41, 5.74) is 0.992. The van der Waals surface area contributed by atoms with Gasteiger partial charge in [0.05, 0.1) is 24.4 Å². The molecule has 2 bridgehead atoms. The van der Waals surface area contributed by atoms with Crippen LogP contribution in [0.1, 0.15) is 47.0 Å². The van der Waals surface area contributed by atoms with Crippen LogP contribution in [0.4, 0.5) is 0 Å². The first-order chi connectivity index (χ1) is 19.0. The quantitative estimate of drug-likeness (QED) is 0.245. The van der Waals surface area contributed by atoms with Crippen LogP contribution in [-0.4, -0.2) is 98.4 Å². The summed E-state index contributed by atoms with van der Waals surface area (Å²) < 4.78 is 41.4. The highest BCUT2D eigenvalue weighted by atomic mass is 79.9. The molecule has 228 valence electrons. The van der Waals surface area contributed by atoms with E-state index in [2.05, 4.69) is 15.9 Å². The smallest absolute Gasteiger partial charge is 0.314 e. The zero-order valence-corrected chi connectivity index (χ0v) is 26.0. The zero-order chi connectivity index (χ0) is 29.6. The molecule has 3 aliphatic heterocycles. The molecule has 2 fully saturated rings. The summed E-state index contributed by atoms with van der Waals surface area (Å²) in [7, 11) is 4.60. The Bertz CT molecular complexity index is 924. The highest BCUT2D eigenvalue weighted by Crippen LogP contribution is 2.42. The highest BCUT2D eigenvalue weighted by Gasteiger charge is 2.53. The van der Waals surface area contributed by atoms with Crippen molar-refractivity contribution in [2.45, 2.75) is 108 Å². The lowest BCUT2D eigenvalue weighted by atomic mass is 9.81. The van der Waals surface area contributed by atoms with E-state index in [1.807, 2.05) is 19.9 Å². The summed E-state index contributed by atoms with van der Waals surface area (Å²) in [6, 6.07) is 0. The average Bonchev–Trinajstić information content (AvgIpc) is 2.90. The second-order valence-electron chi connectivity index (χ2n) is 11.0. The maximum atomic E-state index is 13.3. The van der Waals surface area contributed by atoms with Gasteiger partial charge in [-0.15, -0.1) is 0 Å². The maximum absolute atomic E-state index is 13.3. The fourth-order valence-electron chi connectivity index (χ4n) is 5.68. The summed E-state index contributed by atoms with van der Waals surface area (Å²) in [5.74, 6) is -3.71. The number of rotatable bonds is 7. The zero-order valence-electron chi connectivity index (χ0n) is 24.4. The Morgan fingerprint density at radius 1 is 1.10 bits per heavy atom. The average molecular weight is 634 g/mol. The predicted octanol–water partition coefficient (Wildman–Crippen LogP) is 3.39. The molecule has 3 aliphatic rings. The van der Waals surface area contributed by atoms with Crippen molar-refractivity contribution in [2.24, 2.45) is 11.8 Å². The van der Waals surface area contributed by atoms with Gasteiger partial charge < -0.3 is 43.4 Å². The van der Waals surface area contributed by atoms with Crippen LogP contribution in [0, 0.1) is 11.8 Å². The molecule has 40 heavy (non-hydrogen) atoms. The van der Waals surface area contributed by atoms with Crippen molar-refractivity contribution < 1.29 is 48.2 Å². The molecule has 0 aliphatic carbocycles. The van der Waals surface area contributed by atoms with Gasteiger partial charge in [0.1, 0.15) is 30.3 Å². The van der Waals surface area contributed by atoms with Crippen molar-refractivity contribution in [3.05, 3.63) is 34.9 Å². The number of hydrogen-bond donors (Lipinski definition) is 2. The molecule has 0 amide bonds. The maximum Gasteiger partial charge on any atom is 0.314 e. The molecule has 12 atom stereocenters. The van der Waals surface area contributed by atoms with Crippen molar-refractivity contribution in [2.75, 3.05) is 21.3 Å². The number of carbonyl (C=O) groups excluding carboxylic acids is 1. The number of fused-ring (bicyclic) bond motifs is 2. The molecular formula is C29H45BrO10. The summed E-state index contributed by atoms with van der Waals surface area (Å²) in [4.78, 5) is 15.0. The Hall–Kier alpha value is -1.15. The monoisotopic (exact) mass is 632 g/mol. The standard InChI is InChI=1S/C29H45BrO10/c1-16-12-20(10-8-9-11-30)38-27(32)18(3)29(33)15-23(17(2)22(40-29)14-21(13-16)34-5)39-28-26(36-7)24(31)25(35-6)19(4)37-28/h8-11,13,17-26,28,31,33H,12,14-15H2,1-7H3/b10-8+,11-9+,16-13+/t17-,18-,19+,20-,21-,22-,23-,24-,25+,26-,28+,29+/m0/s1. The minimum atomic E-state index is -1.88. The third kappa shape index (κ3) is 7.81. The number of carbonyl (C=O) groups is 1. The van der Waals surface area contributed by atoms with E-state index >= 15 is 0 Å². The van der Waals surface area contributed by atoms with Crippen molar-refractivity contribution in [3.8, 4) is 0 Å². The van der Waals surface area contributed by atoms with Crippen LogP contribution >= 0.6 is 15.9 Å². The Balaban J connectivity index is 1.94. The van der Waals surface area contributed by atoms with Gasteiger partial charge in [0, 0.05) is 46.5 Å². The number of halogens is 1. The molecule has 11 heteroatoms. The second kappa shape index (κ2) is 14.8. The van der Waals surface area contributed by atoms with E-state index in [9.17, 15) is 15.0 Å². The fraction of sp³-hybridized carbons (Fsp3) is 0.759. The van der Waals surface area contributed by atoms with Gasteiger partial charge in [-0.2, -0.15) is 0 Å². The summed E-state index contributed by atoms with van der Waals surface area (Å²) >= 11 is 3.23. The number of cyclic esters (lactones) is 1. The van der Waals surface area contributed by atoms with Gasteiger partial charge in [0.25, 0.3) is 0 Å². The minimum Gasteiger partial charge on any atom is -0.457 e. The van der Waals surface area contributed by atoms with Crippen molar-refractivity contribution in [3.63, 3.8) is 0 Å². The lowest BCUT2D eigenvalue weighted by molar-refractivity contribution is -0.354. The van der Waals surface area contributed by atoms with E-state index in [-0.39, 0.29) is 18.4 Å². The first-order valence-electron chi connectivity index (χ1n) is 13.8. The van der Waals surface area contributed by atoms with Crippen LogP contribution in [0.25, 0.3) is 0 Å². The summed E-state index contributed by atoms with van der Waals surface area (Å²) in [5, 5.41) is 22.7. The predicted molar refractivity (Wildman–Crippen MR) is 150 cm³/mol. The van der Waals surface area contributed by atoms with Crippen LogP contribution < -0.4 is 0 Å². The van der Waals surface area contributed by atoms with Gasteiger partial charge >= 0.3 is 5.97 Å². The summed E-state index contributed by atoms with van der Waals surface area (Å²) in [6.45, 7) is 7.32. The van der Waals surface area contributed by atoms with Crippen LogP contribution in [0.3, 0.4) is 0 Å². The van der Waals surface area contributed by atoms with E-state index in [0.29, 0.717) is 12.8 Å². The Kier molecular flexibility index (Phi) is 12.4. The topological polar surface area (TPSA) is 122 Å². The first-order valence-corrected chi connectivity index (χ1v) is 14.7. The van der Waals surface area contributed by atoms with Crippen LogP contribution in [0.2, 0.25) is 0 Å². The van der Waals surface area contributed by atoms with Crippen molar-refractivity contribution in [1.82, 2.24) is 0 Å². The molecule has 0 radical (unpaired) electrons. The van der Waals surface area contributed by atoms with E-state index in [4.69, 9.17) is 33.2 Å². The van der Waals surface area contributed by atoms with Gasteiger partial charge in [-0.05, 0) is 31.8 Å². The molecule has 0 spiro atoms. The normalized spacial score (nSPS) is 45.0. The van der Waals surface area contributed by atoms with E-state index in [0.717, 1.165) is 5.57 Å². The second-order valence-corrected chi connectivity index (χ2v) is 11.5. The molecule has 3 heterocycles. The lowest BCUT2D eigenvalue weighted by Gasteiger charge is -2.49. The van der Waals surface area contributed by atoms with Crippen LogP contribution in [0.15, 0.2) is 34.9 Å². The molecular weight excluding hydrogens is 588 g/mol. The third-order valence-corrected chi connectivity index (χ3v) is 8.50. The van der Waals surface area contributed by atoms with E-state index < -0.39 is 66.7 Å². The molecule has 0 unspecified atom stereocenters. The van der Waals surface area contributed by atoms with Crippen molar-refractivity contribution in [1.29, 1.82) is 0 Å². The number of esters is 1. The lowest BCUT2D eigenvalue weighted by Crippen LogP contribution is -2.62. The number of aliphatic hydroxyl groups excluding tert-OH is 1. The third-order valence-electron chi connectivity index (χ3n) is 8.20. The minimum absolute atomic E-state index is 0.0191. The van der Waals surface area contributed by atoms with Gasteiger partial charge in [-0.1, -0.05) is 46.7 Å². The largest absolute Gasteiger partial charge is 0.457 e. The van der Waals surface area contributed by atoms with Crippen LogP contribution in [0.5, 0.6) is 0 Å². The van der Waals surface area contributed by atoms with Gasteiger partial charge in [0.2, 0.25) is 0 Å². The van der Waals surface area contributed by atoms with E-state index in [1.54, 1.807) is 44.2 Å². The number of aliphatic hydroxyl groups is 2. The molecule has 2 saturated heterocycles. The Morgan fingerprint density at radius 2 is 1.80 bits per heavy atom. The number of methoxy groups -OCH3 is 3. The number of allylic oxidation sites excluding steroid dienone is 2. The first kappa shape index (κ1) is 33.4. The number of ether oxygens (including phenoxy) is 7. The summed E-state index contributed by atoms with van der Waals surface area (Å²) in [6.07, 6.45) is 2.45. The molecule has 3 rings (SSSR count). The molecule has 2 N–H and O–H groups in total. The highest BCUT2D eigenvalue weighted by molar-refractivity contribution is 9.11. The van der Waals surface area contributed by atoms with Gasteiger partial charge in [0.15, 0.2) is 12.1 Å². The fourth-order valence-corrected chi connectivity index (χ4v) is 5.85. The van der Waals surface area contributed by atoms with Crippen LogP contribution in [-0.2, 0) is 38.0 Å². The SMILES string of the molecule is CO[C@@H]1[C@@H](O[C@H]2C[C@@]3(O)O[C@@H](C[C@@H](OC)/C=C(\C)C[C@H](/C=C/C=C/Br)OC(=O)[C@@H]3C)[C@@H]2C)O[C@H](C)[C@@H](OC)[C@@H]1O. The number of hydrogen-bond acceptors (Lipinski definition) is 10. The van der Waals surface area contributed by atoms with Crippen molar-refractivity contribution >= 4 is 21.9 Å². The molecule has 0 aromatic rings. The molecule has 0 saturated carbocycles. The van der Waals surface area contributed by atoms with E-state index in [1.165, 1.54) is 14.2 Å². The molecule has 0 aromatic carbocycles. The van der Waals surface area contributed by atoms with Gasteiger partial charge in [-0.25, -0.2) is 0 Å². The molecule has 10 nitrogen and oxygen atoms in total.